The van der Waals surface area contributed by atoms with Gasteiger partial charge in [0.2, 0.25) is 11.8 Å². The normalized spacial score (nSPS) is 24.9. The Balaban J connectivity index is 1.46. The van der Waals surface area contributed by atoms with Crippen molar-refractivity contribution < 1.29 is 14.0 Å². The lowest BCUT2D eigenvalue weighted by Gasteiger charge is -2.37. The number of likely N-dealkylation sites (tertiary alicyclic amines) is 1. The first kappa shape index (κ1) is 19.4. The van der Waals surface area contributed by atoms with Gasteiger partial charge in [0.1, 0.15) is 5.82 Å². The molecular formula is C22H30FN3O2. The van der Waals surface area contributed by atoms with E-state index in [1.165, 1.54) is 12.1 Å². The highest BCUT2D eigenvalue weighted by Gasteiger charge is 2.53. The highest BCUT2D eigenvalue weighted by Crippen LogP contribution is 2.49. The van der Waals surface area contributed by atoms with Crippen molar-refractivity contribution in [2.24, 2.45) is 11.3 Å². The maximum atomic E-state index is 13.4. The van der Waals surface area contributed by atoms with Crippen LogP contribution in [0.1, 0.15) is 31.2 Å². The third-order valence-electron chi connectivity index (χ3n) is 6.98. The number of carbonyl (C=O) groups excluding carboxylic acids is 2. The Labute approximate surface area is 166 Å². The first-order valence-corrected chi connectivity index (χ1v) is 10.5. The zero-order valence-electron chi connectivity index (χ0n) is 16.7. The van der Waals surface area contributed by atoms with E-state index in [0.29, 0.717) is 13.1 Å². The lowest BCUT2D eigenvalue weighted by Crippen LogP contribution is -2.51. The Kier molecular flexibility index (Phi) is 5.41. The predicted molar refractivity (Wildman–Crippen MR) is 105 cm³/mol. The van der Waals surface area contributed by atoms with E-state index in [-0.39, 0.29) is 35.4 Å². The summed E-state index contributed by atoms with van der Waals surface area (Å²) < 4.78 is 13.1. The molecule has 3 aliphatic rings. The molecule has 2 saturated heterocycles. The SMILES string of the molecule is CN1CCN(C(=O)C2CN(C(=O)Cc3ccc(F)cc3)CC23CCCC3)CC1. The molecule has 1 atom stereocenters. The first-order chi connectivity index (χ1) is 13.5. The van der Waals surface area contributed by atoms with Crippen LogP contribution in [-0.2, 0) is 16.0 Å². The van der Waals surface area contributed by atoms with Crippen LogP contribution >= 0.6 is 0 Å². The summed E-state index contributed by atoms with van der Waals surface area (Å²) in [6.07, 6.45) is 4.64. The third kappa shape index (κ3) is 3.79. The fraction of sp³-hybridized carbons (Fsp3) is 0.636. The van der Waals surface area contributed by atoms with E-state index < -0.39 is 0 Å². The number of carbonyl (C=O) groups is 2. The van der Waals surface area contributed by atoms with Gasteiger partial charge in [0.05, 0.1) is 12.3 Å². The summed E-state index contributed by atoms with van der Waals surface area (Å²) in [5.41, 5.74) is 0.777. The average molecular weight is 387 g/mol. The van der Waals surface area contributed by atoms with Crippen molar-refractivity contribution in [3.8, 4) is 0 Å². The molecule has 2 heterocycles. The lowest BCUT2D eigenvalue weighted by atomic mass is 9.76. The maximum Gasteiger partial charge on any atom is 0.228 e. The van der Waals surface area contributed by atoms with Crippen LogP contribution in [0.3, 0.4) is 0 Å². The number of benzene rings is 1. The molecule has 152 valence electrons. The number of hydrogen-bond donors (Lipinski definition) is 0. The van der Waals surface area contributed by atoms with E-state index in [4.69, 9.17) is 0 Å². The minimum Gasteiger partial charge on any atom is -0.341 e. The largest absolute Gasteiger partial charge is 0.341 e. The van der Waals surface area contributed by atoms with Crippen molar-refractivity contribution in [1.29, 1.82) is 0 Å². The smallest absolute Gasteiger partial charge is 0.228 e. The number of amides is 2. The minimum absolute atomic E-state index is 0.0428. The first-order valence-electron chi connectivity index (χ1n) is 10.5. The van der Waals surface area contributed by atoms with Gasteiger partial charge >= 0.3 is 0 Å². The molecule has 4 rings (SSSR count). The fourth-order valence-electron chi connectivity index (χ4n) is 5.22. The molecule has 1 saturated carbocycles. The third-order valence-corrected chi connectivity index (χ3v) is 6.98. The maximum absolute atomic E-state index is 13.4. The Morgan fingerprint density at radius 1 is 1.04 bits per heavy atom. The van der Waals surface area contributed by atoms with Crippen molar-refractivity contribution in [3.63, 3.8) is 0 Å². The molecule has 3 fully saturated rings. The van der Waals surface area contributed by atoms with Gasteiger partial charge in [0, 0.05) is 44.7 Å². The zero-order chi connectivity index (χ0) is 19.7. The van der Waals surface area contributed by atoms with Gasteiger partial charge in [-0.2, -0.15) is 0 Å². The second kappa shape index (κ2) is 7.82. The van der Waals surface area contributed by atoms with Crippen LogP contribution in [0.15, 0.2) is 24.3 Å². The van der Waals surface area contributed by atoms with Crippen molar-refractivity contribution >= 4 is 11.8 Å². The van der Waals surface area contributed by atoms with Gasteiger partial charge in [0.15, 0.2) is 0 Å². The van der Waals surface area contributed by atoms with Gasteiger partial charge in [0.25, 0.3) is 0 Å². The van der Waals surface area contributed by atoms with Gasteiger partial charge in [-0.05, 0) is 37.6 Å². The highest BCUT2D eigenvalue weighted by atomic mass is 19.1. The molecule has 5 nitrogen and oxygen atoms in total. The quantitative estimate of drug-likeness (QED) is 0.798. The summed E-state index contributed by atoms with van der Waals surface area (Å²) in [6.45, 7) is 4.62. The Morgan fingerprint density at radius 3 is 2.32 bits per heavy atom. The molecule has 2 amide bonds. The van der Waals surface area contributed by atoms with Crippen molar-refractivity contribution in [1.82, 2.24) is 14.7 Å². The van der Waals surface area contributed by atoms with Crippen LogP contribution in [0.4, 0.5) is 4.39 Å². The summed E-state index contributed by atoms with van der Waals surface area (Å²) in [5, 5.41) is 0. The molecule has 1 unspecified atom stereocenters. The molecule has 0 aromatic heterocycles. The Bertz CT molecular complexity index is 722. The van der Waals surface area contributed by atoms with Crippen LogP contribution in [0.2, 0.25) is 0 Å². The highest BCUT2D eigenvalue weighted by molar-refractivity contribution is 5.84. The van der Waals surface area contributed by atoms with Crippen LogP contribution in [0, 0.1) is 17.2 Å². The number of rotatable bonds is 3. The van der Waals surface area contributed by atoms with Crippen LogP contribution < -0.4 is 0 Å². The van der Waals surface area contributed by atoms with Gasteiger partial charge in [-0.3, -0.25) is 9.59 Å². The van der Waals surface area contributed by atoms with Gasteiger partial charge in [-0.15, -0.1) is 0 Å². The average Bonchev–Trinajstić information content (AvgIpc) is 3.31. The van der Waals surface area contributed by atoms with E-state index in [1.807, 2.05) is 9.80 Å². The van der Waals surface area contributed by atoms with Gasteiger partial charge < -0.3 is 14.7 Å². The molecule has 1 aromatic rings. The van der Waals surface area contributed by atoms with Gasteiger partial charge in [-0.1, -0.05) is 25.0 Å². The molecule has 1 aliphatic carbocycles. The summed E-state index contributed by atoms with van der Waals surface area (Å²) >= 11 is 0. The summed E-state index contributed by atoms with van der Waals surface area (Å²) in [5.74, 6) is -0.0747. The molecule has 28 heavy (non-hydrogen) atoms. The lowest BCUT2D eigenvalue weighted by molar-refractivity contribution is -0.140. The second-order valence-electron chi connectivity index (χ2n) is 8.83. The number of halogens is 1. The number of hydrogen-bond acceptors (Lipinski definition) is 3. The summed E-state index contributed by atoms with van der Waals surface area (Å²) in [6, 6.07) is 6.12. The monoisotopic (exact) mass is 387 g/mol. The Morgan fingerprint density at radius 2 is 1.68 bits per heavy atom. The molecule has 1 spiro atoms. The number of likely N-dealkylation sites (N-methyl/N-ethyl adjacent to an activating group) is 1. The summed E-state index contributed by atoms with van der Waals surface area (Å²) in [7, 11) is 2.09. The molecule has 0 N–H and O–H groups in total. The molecule has 6 heteroatoms. The van der Waals surface area contributed by atoms with Crippen LogP contribution in [0.25, 0.3) is 0 Å². The fourth-order valence-corrected chi connectivity index (χ4v) is 5.22. The predicted octanol–water partition coefficient (Wildman–Crippen LogP) is 2.16. The van der Waals surface area contributed by atoms with E-state index in [1.54, 1.807) is 12.1 Å². The van der Waals surface area contributed by atoms with Crippen LogP contribution in [-0.4, -0.2) is 72.8 Å². The molecule has 0 bridgehead atoms. The molecule has 0 radical (unpaired) electrons. The Hall–Kier alpha value is -1.95. The van der Waals surface area contributed by atoms with Gasteiger partial charge in [-0.25, -0.2) is 4.39 Å². The zero-order valence-corrected chi connectivity index (χ0v) is 16.7. The molecular weight excluding hydrogens is 357 g/mol. The van der Waals surface area contributed by atoms with Crippen molar-refractivity contribution in [2.45, 2.75) is 32.1 Å². The van der Waals surface area contributed by atoms with Crippen LogP contribution in [0.5, 0.6) is 0 Å². The topological polar surface area (TPSA) is 43.9 Å². The summed E-state index contributed by atoms with van der Waals surface area (Å²) in [4.78, 5) is 32.4. The number of piperazine rings is 1. The number of nitrogens with zero attached hydrogens (tertiary/aromatic N) is 3. The van der Waals surface area contributed by atoms with Crippen molar-refractivity contribution in [3.05, 3.63) is 35.6 Å². The van der Waals surface area contributed by atoms with E-state index >= 15 is 0 Å². The molecule has 1 aromatic carbocycles. The second-order valence-corrected chi connectivity index (χ2v) is 8.83. The van der Waals surface area contributed by atoms with E-state index in [2.05, 4.69) is 11.9 Å². The van der Waals surface area contributed by atoms with Crippen molar-refractivity contribution in [2.75, 3.05) is 46.3 Å². The molecule has 2 aliphatic heterocycles. The van der Waals surface area contributed by atoms with E-state index in [9.17, 15) is 14.0 Å². The standard InChI is InChI=1S/C22H30FN3O2/c1-24-10-12-25(13-11-24)21(28)19-15-26(16-22(19)8-2-3-9-22)20(27)14-17-4-6-18(23)7-5-17/h4-7,19H,2-3,8-16H2,1H3. The minimum atomic E-state index is -0.292. The van der Waals surface area contributed by atoms with E-state index in [0.717, 1.165) is 57.4 Å².